The molecule has 0 atom stereocenters. The van der Waals surface area contributed by atoms with Gasteiger partial charge >= 0.3 is 6.18 Å². The van der Waals surface area contributed by atoms with Crippen LogP contribution in [-0.4, -0.2) is 15.9 Å². The van der Waals surface area contributed by atoms with Crippen LogP contribution in [0.3, 0.4) is 0 Å². The highest BCUT2D eigenvalue weighted by molar-refractivity contribution is 6.30. The van der Waals surface area contributed by atoms with E-state index in [2.05, 4.69) is 20.6 Å². The molecule has 0 bridgehead atoms. The van der Waals surface area contributed by atoms with Crippen molar-refractivity contribution in [1.29, 1.82) is 0 Å². The molecule has 9 heteroatoms. The molecule has 0 saturated carbocycles. The van der Waals surface area contributed by atoms with E-state index in [0.29, 0.717) is 10.7 Å². The lowest BCUT2D eigenvalue weighted by Crippen LogP contribution is -2.14. The van der Waals surface area contributed by atoms with Gasteiger partial charge in [-0.25, -0.2) is 9.97 Å². The largest absolute Gasteiger partial charge is 0.416 e. The Morgan fingerprint density at radius 3 is 2.26 bits per heavy atom. The van der Waals surface area contributed by atoms with E-state index in [0.717, 1.165) is 12.1 Å². The van der Waals surface area contributed by atoms with Crippen LogP contribution in [-0.2, 0) is 6.18 Å². The second-order valence-electron chi connectivity index (χ2n) is 5.46. The molecule has 0 fully saturated rings. The van der Waals surface area contributed by atoms with E-state index in [1.165, 1.54) is 24.5 Å². The summed E-state index contributed by atoms with van der Waals surface area (Å²) in [6.45, 7) is 0. The van der Waals surface area contributed by atoms with E-state index < -0.39 is 17.6 Å². The van der Waals surface area contributed by atoms with Crippen LogP contribution in [0.25, 0.3) is 0 Å². The van der Waals surface area contributed by atoms with Crippen LogP contribution in [0.4, 0.5) is 30.5 Å². The van der Waals surface area contributed by atoms with Gasteiger partial charge in [-0.3, -0.25) is 4.79 Å². The maximum absolute atomic E-state index is 12.7. The quantitative estimate of drug-likeness (QED) is 0.644. The number of nitrogens with zero attached hydrogens (tertiary/aromatic N) is 2. The Hall–Kier alpha value is -3.13. The number of anilines is 3. The van der Waals surface area contributed by atoms with Crippen LogP contribution in [0.5, 0.6) is 0 Å². The first-order chi connectivity index (χ1) is 12.8. The molecular formula is C18H12ClF3N4O. The average Bonchev–Trinajstić information content (AvgIpc) is 2.64. The van der Waals surface area contributed by atoms with Gasteiger partial charge in [0.1, 0.15) is 0 Å². The fourth-order valence-corrected chi connectivity index (χ4v) is 2.27. The van der Waals surface area contributed by atoms with Gasteiger partial charge in [0.05, 0.1) is 11.1 Å². The summed E-state index contributed by atoms with van der Waals surface area (Å²) >= 11 is 5.81. The number of carbonyl (C=O) groups is 1. The molecule has 5 nitrogen and oxygen atoms in total. The summed E-state index contributed by atoms with van der Waals surface area (Å²) in [7, 11) is 0. The number of carbonyl (C=O) groups excluding carboxylic acids is 1. The highest BCUT2D eigenvalue weighted by atomic mass is 35.5. The Morgan fingerprint density at radius 1 is 0.963 bits per heavy atom. The molecule has 0 aliphatic heterocycles. The Labute approximate surface area is 157 Å². The third-order valence-corrected chi connectivity index (χ3v) is 3.71. The van der Waals surface area contributed by atoms with Crippen molar-refractivity contribution >= 4 is 34.8 Å². The molecule has 0 radical (unpaired) electrons. The van der Waals surface area contributed by atoms with Gasteiger partial charge in [0.25, 0.3) is 5.91 Å². The Bertz CT molecular complexity index is 944. The Morgan fingerprint density at radius 2 is 1.63 bits per heavy atom. The van der Waals surface area contributed by atoms with E-state index >= 15 is 0 Å². The van der Waals surface area contributed by atoms with Crippen LogP contribution < -0.4 is 10.6 Å². The van der Waals surface area contributed by atoms with Crippen molar-refractivity contribution in [3.8, 4) is 0 Å². The number of amides is 1. The summed E-state index contributed by atoms with van der Waals surface area (Å²) in [5.74, 6) is -0.361. The van der Waals surface area contributed by atoms with Crippen LogP contribution in [0.1, 0.15) is 15.9 Å². The Balaban J connectivity index is 1.68. The van der Waals surface area contributed by atoms with Gasteiger partial charge < -0.3 is 10.6 Å². The minimum atomic E-state index is -4.49. The first-order valence-corrected chi connectivity index (χ1v) is 8.02. The predicted octanol–water partition coefficient (Wildman–Crippen LogP) is 5.14. The highest BCUT2D eigenvalue weighted by Crippen LogP contribution is 2.30. The van der Waals surface area contributed by atoms with Crippen LogP contribution in [0, 0.1) is 0 Å². The highest BCUT2D eigenvalue weighted by Gasteiger charge is 2.30. The SMILES string of the molecule is O=C(Nc1cccc(C(F)(F)F)c1)c1cnc(Nc2ccc(Cl)cc2)nc1. The van der Waals surface area contributed by atoms with Gasteiger partial charge in [-0.2, -0.15) is 13.2 Å². The number of aromatic nitrogens is 2. The fraction of sp³-hybridized carbons (Fsp3) is 0.0556. The van der Waals surface area contributed by atoms with Crippen LogP contribution >= 0.6 is 11.6 Å². The van der Waals surface area contributed by atoms with E-state index in [4.69, 9.17) is 11.6 Å². The van der Waals surface area contributed by atoms with E-state index in [1.807, 2.05) is 0 Å². The molecule has 138 valence electrons. The average molecular weight is 393 g/mol. The van der Waals surface area contributed by atoms with Crippen molar-refractivity contribution in [3.05, 3.63) is 77.1 Å². The third-order valence-electron chi connectivity index (χ3n) is 3.46. The molecule has 3 aromatic rings. The molecule has 0 spiro atoms. The summed E-state index contributed by atoms with van der Waals surface area (Å²) in [4.78, 5) is 20.2. The van der Waals surface area contributed by atoms with Gasteiger partial charge in [-0.05, 0) is 42.5 Å². The molecule has 1 aromatic heterocycles. The molecular weight excluding hydrogens is 381 g/mol. The summed E-state index contributed by atoms with van der Waals surface area (Å²) in [5, 5.41) is 5.91. The molecule has 0 aliphatic rings. The maximum Gasteiger partial charge on any atom is 0.416 e. The lowest BCUT2D eigenvalue weighted by Gasteiger charge is -2.10. The predicted molar refractivity (Wildman–Crippen MR) is 96.2 cm³/mol. The molecule has 1 amide bonds. The first-order valence-electron chi connectivity index (χ1n) is 7.64. The number of alkyl halides is 3. The van der Waals surface area contributed by atoms with Crippen molar-refractivity contribution < 1.29 is 18.0 Å². The van der Waals surface area contributed by atoms with Crippen LogP contribution in [0.15, 0.2) is 60.9 Å². The van der Waals surface area contributed by atoms with Gasteiger partial charge in [0.2, 0.25) is 5.95 Å². The molecule has 1 heterocycles. The smallest absolute Gasteiger partial charge is 0.324 e. The van der Waals surface area contributed by atoms with Crippen molar-refractivity contribution in [2.75, 3.05) is 10.6 Å². The fourth-order valence-electron chi connectivity index (χ4n) is 2.15. The zero-order chi connectivity index (χ0) is 19.4. The number of hydrogen-bond acceptors (Lipinski definition) is 4. The zero-order valence-corrected chi connectivity index (χ0v) is 14.3. The van der Waals surface area contributed by atoms with Crippen molar-refractivity contribution in [2.24, 2.45) is 0 Å². The van der Waals surface area contributed by atoms with Gasteiger partial charge in [-0.1, -0.05) is 17.7 Å². The molecule has 0 unspecified atom stereocenters. The van der Waals surface area contributed by atoms with Crippen LogP contribution in [0.2, 0.25) is 5.02 Å². The lowest BCUT2D eigenvalue weighted by molar-refractivity contribution is -0.137. The second-order valence-corrected chi connectivity index (χ2v) is 5.90. The minimum Gasteiger partial charge on any atom is -0.324 e. The summed E-state index contributed by atoms with van der Waals surface area (Å²) in [6.07, 6.45) is -1.94. The molecule has 27 heavy (non-hydrogen) atoms. The zero-order valence-electron chi connectivity index (χ0n) is 13.6. The summed E-state index contributed by atoms with van der Waals surface area (Å²) < 4.78 is 38.2. The minimum absolute atomic E-state index is 0.0261. The summed E-state index contributed by atoms with van der Waals surface area (Å²) in [6, 6.07) is 11.2. The number of nitrogens with one attached hydrogen (secondary N) is 2. The number of halogens is 4. The van der Waals surface area contributed by atoms with Gasteiger partial charge in [0, 0.05) is 28.8 Å². The normalized spacial score (nSPS) is 11.1. The molecule has 2 aromatic carbocycles. The second kappa shape index (κ2) is 7.63. The van der Waals surface area contributed by atoms with Gasteiger partial charge in [0.15, 0.2) is 0 Å². The lowest BCUT2D eigenvalue weighted by atomic mass is 10.2. The first kappa shape index (κ1) is 18.7. The van der Waals surface area contributed by atoms with E-state index in [-0.39, 0.29) is 17.2 Å². The van der Waals surface area contributed by atoms with Crippen molar-refractivity contribution in [1.82, 2.24) is 9.97 Å². The van der Waals surface area contributed by atoms with Crippen molar-refractivity contribution in [3.63, 3.8) is 0 Å². The Kier molecular flexibility index (Phi) is 5.27. The standard InChI is InChI=1S/C18H12ClF3N4O/c19-13-4-6-14(7-5-13)26-17-23-9-11(10-24-17)16(27)25-15-3-1-2-12(8-15)18(20,21)22/h1-10H,(H,25,27)(H,23,24,26). The number of rotatable bonds is 4. The van der Waals surface area contributed by atoms with E-state index in [9.17, 15) is 18.0 Å². The number of hydrogen-bond donors (Lipinski definition) is 2. The topological polar surface area (TPSA) is 66.9 Å². The monoisotopic (exact) mass is 392 g/mol. The molecule has 0 saturated heterocycles. The molecule has 2 N–H and O–H groups in total. The third kappa shape index (κ3) is 4.95. The number of benzene rings is 2. The molecule has 0 aliphatic carbocycles. The maximum atomic E-state index is 12.7. The van der Waals surface area contributed by atoms with E-state index in [1.54, 1.807) is 24.3 Å². The molecule has 3 rings (SSSR count). The van der Waals surface area contributed by atoms with Crippen molar-refractivity contribution in [2.45, 2.75) is 6.18 Å². The summed E-state index contributed by atoms with van der Waals surface area (Å²) in [5.41, 5.74) is -0.00751. The van der Waals surface area contributed by atoms with Gasteiger partial charge in [-0.15, -0.1) is 0 Å².